The van der Waals surface area contributed by atoms with Crippen LogP contribution < -0.4 is 5.32 Å². The maximum Gasteiger partial charge on any atom is 0.224 e. The van der Waals surface area contributed by atoms with E-state index in [1.54, 1.807) is 12.4 Å². The lowest BCUT2D eigenvalue weighted by atomic mass is 10.2. The van der Waals surface area contributed by atoms with Crippen molar-refractivity contribution in [3.05, 3.63) is 55.0 Å². The highest BCUT2D eigenvalue weighted by Gasteiger charge is 2.09. The fourth-order valence-corrected chi connectivity index (χ4v) is 2.43. The lowest BCUT2D eigenvalue weighted by Crippen LogP contribution is -2.07. The van der Waals surface area contributed by atoms with Crippen LogP contribution in [0.1, 0.15) is 26.2 Å². The van der Waals surface area contributed by atoms with Crippen LogP contribution >= 0.6 is 0 Å². The third-order valence-corrected chi connectivity index (χ3v) is 3.62. The lowest BCUT2D eigenvalue weighted by Gasteiger charge is -2.09. The predicted molar refractivity (Wildman–Crippen MR) is 92.6 cm³/mol. The number of unbranched alkanes of at least 4 members (excludes halogenated alkanes) is 2. The second-order valence-electron chi connectivity index (χ2n) is 5.36. The molecule has 0 saturated carbocycles. The van der Waals surface area contributed by atoms with Gasteiger partial charge in [-0.1, -0.05) is 50.1 Å². The molecule has 0 spiro atoms. The first-order valence-corrected chi connectivity index (χ1v) is 8.04. The zero-order chi connectivity index (χ0) is 15.9. The fraction of sp³-hybridized carbons (Fsp3) is 0.278. The summed E-state index contributed by atoms with van der Waals surface area (Å²) in [5.74, 6) is 2.35. The Bertz CT molecular complexity index is 736. The van der Waals surface area contributed by atoms with Gasteiger partial charge in [0.2, 0.25) is 5.95 Å². The molecule has 0 saturated heterocycles. The Morgan fingerprint density at radius 2 is 1.87 bits per heavy atom. The molecule has 118 valence electrons. The van der Waals surface area contributed by atoms with E-state index in [1.165, 1.54) is 12.8 Å². The predicted octanol–water partition coefficient (Wildman–Crippen LogP) is 3.93. The van der Waals surface area contributed by atoms with E-state index in [4.69, 9.17) is 0 Å². The fourth-order valence-electron chi connectivity index (χ4n) is 2.43. The van der Waals surface area contributed by atoms with Crippen molar-refractivity contribution in [2.75, 3.05) is 11.9 Å². The van der Waals surface area contributed by atoms with Gasteiger partial charge in [0.1, 0.15) is 11.6 Å². The standard InChI is InChI=1S/C18H21N5/c1-2-3-7-11-20-18-21-12-10-16(22-18)23-14-13-19-17(23)15-8-5-4-6-9-15/h4-6,8-10,12-14H,2-3,7,11H2,1H3,(H,20,21,22). The quantitative estimate of drug-likeness (QED) is 0.672. The van der Waals surface area contributed by atoms with Gasteiger partial charge in [-0.2, -0.15) is 4.98 Å². The van der Waals surface area contributed by atoms with Gasteiger partial charge < -0.3 is 5.32 Å². The summed E-state index contributed by atoms with van der Waals surface area (Å²) in [5.41, 5.74) is 1.06. The SMILES string of the molecule is CCCCCNc1nccc(-n2ccnc2-c2ccccc2)n1. The first kappa shape index (κ1) is 15.2. The summed E-state index contributed by atoms with van der Waals surface area (Å²) in [7, 11) is 0. The second-order valence-corrected chi connectivity index (χ2v) is 5.36. The zero-order valence-corrected chi connectivity index (χ0v) is 13.3. The molecule has 1 aromatic carbocycles. The van der Waals surface area contributed by atoms with Crippen molar-refractivity contribution in [3.8, 4) is 17.2 Å². The largest absolute Gasteiger partial charge is 0.354 e. The minimum absolute atomic E-state index is 0.659. The molecule has 2 heterocycles. The van der Waals surface area contributed by atoms with Gasteiger partial charge in [0.25, 0.3) is 0 Å². The Labute approximate surface area is 136 Å². The molecule has 0 bridgehead atoms. The molecule has 2 aromatic heterocycles. The highest BCUT2D eigenvalue weighted by molar-refractivity contribution is 5.57. The molecule has 0 unspecified atom stereocenters. The number of hydrogen-bond acceptors (Lipinski definition) is 4. The van der Waals surface area contributed by atoms with Crippen molar-refractivity contribution in [2.45, 2.75) is 26.2 Å². The third kappa shape index (κ3) is 3.74. The minimum Gasteiger partial charge on any atom is -0.354 e. The van der Waals surface area contributed by atoms with Gasteiger partial charge in [0.15, 0.2) is 0 Å². The Morgan fingerprint density at radius 1 is 1.00 bits per heavy atom. The Balaban J connectivity index is 1.82. The minimum atomic E-state index is 0.659. The average molecular weight is 307 g/mol. The van der Waals surface area contributed by atoms with Gasteiger partial charge in [0, 0.05) is 30.7 Å². The highest BCUT2D eigenvalue weighted by Crippen LogP contribution is 2.20. The van der Waals surface area contributed by atoms with Gasteiger partial charge in [-0.25, -0.2) is 9.97 Å². The molecule has 0 atom stereocenters. The number of nitrogens with one attached hydrogen (secondary N) is 1. The van der Waals surface area contributed by atoms with E-state index in [-0.39, 0.29) is 0 Å². The summed E-state index contributed by atoms with van der Waals surface area (Å²) in [6.07, 6.45) is 9.04. The van der Waals surface area contributed by atoms with Crippen molar-refractivity contribution in [2.24, 2.45) is 0 Å². The van der Waals surface area contributed by atoms with Crippen molar-refractivity contribution in [1.29, 1.82) is 0 Å². The first-order valence-electron chi connectivity index (χ1n) is 8.04. The molecular formula is C18H21N5. The molecule has 0 fully saturated rings. The molecule has 5 heteroatoms. The summed E-state index contributed by atoms with van der Waals surface area (Å²) < 4.78 is 1.98. The van der Waals surface area contributed by atoms with Crippen LogP contribution in [0.4, 0.5) is 5.95 Å². The first-order chi connectivity index (χ1) is 11.4. The molecule has 0 aliphatic carbocycles. The molecule has 0 radical (unpaired) electrons. The van der Waals surface area contributed by atoms with Crippen molar-refractivity contribution < 1.29 is 0 Å². The summed E-state index contributed by atoms with van der Waals surface area (Å²) in [6.45, 7) is 3.09. The number of imidazole rings is 1. The zero-order valence-electron chi connectivity index (χ0n) is 13.3. The molecule has 23 heavy (non-hydrogen) atoms. The third-order valence-electron chi connectivity index (χ3n) is 3.62. The van der Waals surface area contributed by atoms with E-state index in [2.05, 4.69) is 27.2 Å². The molecular weight excluding hydrogens is 286 g/mol. The van der Waals surface area contributed by atoms with E-state index >= 15 is 0 Å². The number of nitrogens with zero attached hydrogens (tertiary/aromatic N) is 4. The Kier molecular flexibility index (Phi) is 4.99. The second kappa shape index (κ2) is 7.54. The Hall–Kier alpha value is -2.69. The molecule has 3 rings (SSSR count). The normalized spacial score (nSPS) is 10.7. The Morgan fingerprint density at radius 3 is 2.70 bits per heavy atom. The van der Waals surface area contributed by atoms with Crippen LogP contribution in [0.5, 0.6) is 0 Å². The molecule has 0 aliphatic heterocycles. The van der Waals surface area contributed by atoms with Crippen molar-refractivity contribution in [1.82, 2.24) is 19.5 Å². The number of benzene rings is 1. The van der Waals surface area contributed by atoms with Gasteiger partial charge in [-0.3, -0.25) is 4.57 Å². The van der Waals surface area contributed by atoms with Gasteiger partial charge in [0.05, 0.1) is 0 Å². The molecule has 0 aliphatic rings. The summed E-state index contributed by atoms with van der Waals surface area (Å²) in [5, 5.41) is 3.29. The number of aromatic nitrogens is 4. The van der Waals surface area contributed by atoms with Crippen LogP contribution in [-0.2, 0) is 0 Å². The van der Waals surface area contributed by atoms with Gasteiger partial charge >= 0.3 is 0 Å². The lowest BCUT2D eigenvalue weighted by molar-refractivity contribution is 0.740. The summed E-state index contributed by atoms with van der Waals surface area (Å²) >= 11 is 0. The number of rotatable bonds is 7. The van der Waals surface area contributed by atoms with Crippen LogP contribution in [0.15, 0.2) is 55.0 Å². The van der Waals surface area contributed by atoms with Crippen LogP contribution in [0, 0.1) is 0 Å². The number of anilines is 1. The van der Waals surface area contributed by atoms with Gasteiger partial charge in [-0.05, 0) is 12.5 Å². The summed E-state index contributed by atoms with van der Waals surface area (Å²) in [4.78, 5) is 13.4. The molecule has 5 nitrogen and oxygen atoms in total. The molecule has 3 aromatic rings. The van der Waals surface area contributed by atoms with E-state index in [9.17, 15) is 0 Å². The van der Waals surface area contributed by atoms with Crippen molar-refractivity contribution in [3.63, 3.8) is 0 Å². The molecule has 1 N–H and O–H groups in total. The van der Waals surface area contributed by atoms with Crippen LogP contribution in [-0.4, -0.2) is 26.1 Å². The maximum absolute atomic E-state index is 4.60. The van der Waals surface area contributed by atoms with Crippen LogP contribution in [0.25, 0.3) is 17.2 Å². The summed E-state index contributed by atoms with van der Waals surface area (Å²) in [6, 6.07) is 12.0. The average Bonchev–Trinajstić information content (AvgIpc) is 3.10. The van der Waals surface area contributed by atoms with Crippen LogP contribution in [0.2, 0.25) is 0 Å². The van der Waals surface area contributed by atoms with E-state index < -0.39 is 0 Å². The van der Waals surface area contributed by atoms with Crippen molar-refractivity contribution >= 4 is 5.95 Å². The van der Waals surface area contributed by atoms with E-state index in [1.807, 2.05) is 47.2 Å². The maximum atomic E-state index is 4.60. The van der Waals surface area contributed by atoms with Crippen LogP contribution in [0.3, 0.4) is 0 Å². The topological polar surface area (TPSA) is 55.6 Å². The van der Waals surface area contributed by atoms with E-state index in [0.29, 0.717) is 5.95 Å². The smallest absolute Gasteiger partial charge is 0.224 e. The van der Waals surface area contributed by atoms with Gasteiger partial charge in [-0.15, -0.1) is 0 Å². The number of hydrogen-bond donors (Lipinski definition) is 1. The van der Waals surface area contributed by atoms with E-state index in [0.717, 1.165) is 30.2 Å². The monoisotopic (exact) mass is 307 g/mol. The molecule has 0 amide bonds. The highest BCUT2D eigenvalue weighted by atomic mass is 15.2.